The minimum atomic E-state index is -0.793. The molecule has 1 unspecified atom stereocenters. The van der Waals surface area contributed by atoms with Gasteiger partial charge in [0.2, 0.25) is 0 Å². The molecule has 1 aromatic rings. The Bertz CT molecular complexity index is 789. The highest BCUT2D eigenvalue weighted by atomic mass is 16.6. The number of ether oxygens (including phenoxy) is 2. The third-order valence-electron chi connectivity index (χ3n) is 4.98. The highest BCUT2D eigenvalue weighted by Crippen LogP contribution is 2.45. The second-order valence-corrected chi connectivity index (χ2v) is 8.82. The molecule has 0 aromatic heterocycles. The largest absolute Gasteiger partial charge is 0.422 e. The van der Waals surface area contributed by atoms with Crippen LogP contribution in [0.1, 0.15) is 58.6 Å². The predicted octanol–water partition coefficient (Wildman–Crippen LogP) is 4.10. The van der Waals surface area contributed by atoms with Crippen LogP contribution in [0.15, 0.2) is 43.0 Å². The van der Waals surface area contributed by atoms with Gasteiger partial charge in [-0.2, -0.15) is 0 Å². The Labute approximate surface area is 179 Å². The standard InChI is InChI=1S/C24H33NO5/c1-6-7-8-9-22(27)29-21-12-17(19(26)15-25-16(2)3)10-11-20(21)30-23(28)18-13-24(4,5)14-18/h6,8-12,16,18-19,25-26H,1,7,13-15H2,2-5H3/b9-8+. The van der Waals surface area contributed by atoms with E-state index in [1.165, 1.54) is 6.08 Å². The summed E-state index contributed by atoms with van der Waals surface area (Å²) in [5, 5.41) is 13.6. The molecule has 1 aliphatic carbocycles. The summed E-state index contributed by atoms with van der Waals surface area (Å²) in [6.07, 6.45) is 5.86. The van der Waals surface area contributed by atoms with E-state index in [1.807, 2.05) is 13.8 Å². The lowest BCUT2D eigenvalue weighted by Gasteiger charge is -2.40. The first-order valence-electron chi connectivity index (χ1n) is 10.4. The average molecular weight is 416 g/mol. The smallest absolute Gasteiger partial charge is 0.335 e. The van der Waals surface area contributed by atoms with Crippen LogP contribution in [-0.2, 0) is 9.59 Å². The third kappa shape index (κ3) is 7.11. The molecule has 6 heteroatoms. The van der Waals surface area contributed by atoms with Crippen LogP contribution in [0.2, 0.25) is 0 Å². The van der Waals surface area contributed by atoms with E-state index in [0.29, 0.717) is 18.5 Å². The fraction of sp³-hybridized carbons (Fsp3) is 0.500. The Morgan fingerprint density at radius 2 is 1.97 bits per heavy atom. The zero-order valence-electron chi connectivity index (χ0n) is 18.3. The van der Waals surface area contributed by atoms with E-state index >= 15 is 0 Å². The maximum atomic E-state index is 12.5. The summed E-state index contributed by atoms with van der Waals surface area (Å²) in [5.74, 6) is -0.801. The molecule has 2 N–H and O–H groups in total. The van der Waals surface area contributed by atoms with Crippen LogP contribution in [0.5, 0.6) is 11.5 Å². The van der Waals surface area contributed by atoms with E-state index in [1.54, 1.807) is 30.4 Å². The number of hydrogen-bond acceptors (Lipinski definition) is 6. The van der Waals surface area contributed by atoms with Crippen molar-refractivity contribution in [3.8, 4) is 11.5 Å². The third-order valence-corrected chi connectivity index (χ3v) is 4.98. The zero-order chi connectivity index (χ0) is 22.3. The van der Waals surface area contributed by atoms with Crippen LogP contribution in [0.4, 0.5) is 0 Å². The Morgan fingerprint density at radius 3 is 2.57 bits per heavy atom. The van der Waals surface area contributed by atoms with Crippen molar-refractivity contribution < 1.29 is 24.2 Å². The number of hydrogen-bond donors (Lipinski definition) is 2. The van der Waals surface area contributed by atoms with Crippen molar-refractivity contribution in [3.05, 3.63) is 48.6 Å². The lowest BCUT2D eigenvalue weighted by molar-refractivity contribution is -0.146. The maximum absolute atomic E-state index is 12.5. The molecule has 0 amide bonds. The molecule has 0 saturated heterocycles. The molecule has 1 saturated carbocycles. The number of benzene rings is 1. The number of carbonyl (C=O) groups is 2. The Hall–Kier alpha value is -2.44. The summed E-state index contributed by atoms with van der Waals surface area (Å²) in [7, 11) is 0. The molecule has 2 rings (SSSR count). The van der Waals surface area contributed by atoms with Gasteiger partial charge in [-0.3, -0.25) is 4.79 Å². The van der Waals surface area contributed by atoms with Crippen LogP contribution in [-0.4, -0.2) is 29.6 Å². The van der Waals surface area contributed by atoms with E-state index in [2.05, 4.69) is 25.7 Å². The normalized spacial score (nSPS) is 16.9. The van der Waals surface area contributed by atoms with Crippen molar-refractivity contribution in [2.75, 3.05) is 6.54 Å². The number of esters is 2. The first-order chi connectivity index (χ1) is 14.1. The van der Waals surface area contributed by atoms with Gasteiger partial charge in [-0.05, 0) is 42.4 Å². The number of carbonyl (C=O) groups excluding carboxylic acids is 2. The van der Waals surface area contributed by atoms with Gasteiger partial charge in [0.15, 0.2) is 11.5 Å². The maximum Gasteiger partial charge on any atom is 0.335 e. The van der Waals surface area contributed by atoms with Gasteiger partial charge in [-0.1, -0.05) is 45.9 Å². The van der Waals surface area contributed by atoms with E-state index in [-0.39, 0.29) is 34.8 Å². The fourth-order valence-electron chi connectivity index (χ4n) is 3.40. The highest BCUT2D eigenvalue weighted by molar-refractivity contribution is 5.85. The molecule has 0 aliphatic heterocycles. The molecular weight excluding hydrogens is 382 g/mol. The van der Waals surface area contributed by atoms with Gasteiger partial charge < -0.3 is 19.9 Å². The van der Waals surface area contributed by atoms with Crippen molar-refractivity contribution in [2.24, 2.45) is 11.3 Å². The molecule has 0 spiro atoms. The second-order valence-electron chi connectivity index (χ2n) is 8.82. The minimum absolute atomic E-state index is 0.108. The summed E-state index contributed by atoms with van der Waals surface area (Å²) in [5.41, 5.74) is 0.706. The van der Waals surface area contributed by atoms with Crippen LogP contribution in [0.3, 0.4) is 0 Å². The first kappa shape index (κ1) is 23.8. The molecule has 30 heavy (non-hydrogen) atoms. The van der Waals surface area contributed by atoms with Gasteiger partial charge in [-0.15, -0.1) is 6.58 Å². The summed E-state index contributed by atoms with van der Waals surface area (Å²) >= 11 is 0. The molecule has 0 radical (unpaired) electrons. The Kier molecular flexibility index (Phi) is 8.38. The van der Waals surface area contributed by atoms with E-state index < -0.39 is 12.1 Å². The van der Waals surface area contributed by atoms with Crippen LogP contribution in [0.25, 0.3) is 0 Å². The molecule has 1 atom stereocenters. The van der Waals surface area contributed by atoms with Gasteiger partial charge in [0.25, 0.3) is 0 Å². The molecule has 1 aliphatic rings. The summed E-state index contributed by atoms with van der Waals surface area (Å²) in [6.45, 7) is 12.1. The number of rotatable bonds is 10. The van der Waals surface area contributed by atoms with Gasteiger partial charge in [0, 0.05) is 18.7 Å². The Balaban J connectivity index is 2.18. The van der Waals surface area contributed by atoms with Crippen LogP contribution in [0, 0.1) is 11.3 Å². The van der Waals surface area contributed by atoms with Crippen LogP contribution >= 0.6 is 0 Å². The number of nitrogens with one attached hydrogen (secondary N) is 1. The molecule has 6 nitrogen and oxygen atoms in total. The monoisotopic (exact) mass is 415 g/mol. The second kappa shape index (κ2) is 10.5. The molecular formula is C24H33NO5. The fourth-order valence-corrected chi connectivity index (χ4v) is 3.40. The number of aliphatic hydroxyl groups is 1. The quantitative estimate of drug-likeness (QED) is 0.259. The minimum Gasteiger partial charge on any atom is -0.422 e. The highest BCUT2D eigenvalue weighted by Gasteiger charge is 2.41. The van der Waals surface area contributed by atoms with Crippen LogP contribution < -0.4 is 14.8 Å². The van der Waals surface area contributed by atoms with Gasteiger partial charge in [-0.25, -0.2) is 4.79 Å². The number of aliphatic hydroxyl groups excluding tert-OH is 1. The SMILES string of the molecule is C=CC/C=C/C(=O)Oc1cc(C(O)CNC(C)C)ccc1OC(=O)C1CC(C)(C)C1. The van der Waals surface area contributed by atoms with Gasteiger partial charge in [0.1, 0.15) is 0 Å². The molecule has 164 valence electrons. The predicted molar refractivity (Wildman–Crippen MR) is 116 cm³/mol. The summed E-state index contributed by atoms with van der Waals surface area (Å²) in [4.78, 5) is 24.6. The van der Waals surface area contributed by atoms with Gasteiger partial charge >= 0.3 is 11.9 Å². The topological polar surface area (TPSA) is 84.9 Å². The van der Waals surface area contributed by atoms with Crippen molar-refractivity contribution in [2.45, 2.75) is 59.1 Å². The van der Waals surface area contributed by atoms with Crippen molar-refractivity contribution >= 4 is 11.9 Å². The van der Waals surface area contributed by atoms with E-state index in [4.69, 9.17) is 9.47 Å². The van der Waals surface area contributed by atoms with Crippen molar-refractivity contribution in [3.63, 3.8) is 0 Å². The average Bonchev–Trinajstić information content (AvgIpc) is 2.65. The summed E-state index contributed by atoms with van der Waals surface area (Å²) in [6, 6.07) is 4.99. The lowest BCUT2D eigenvalue weighted by atomic mass is 9.64. The van der Waals surface area contributed by atoms with E-state index in [9.17, 15) is 14.7 Å². The molecule has 1 fully saturated rings. The zero-order valence-corrected chi connectivity index (χ0v) is 18.3. The molecule has 1 aromatic carbocycles. The lowest BCUT2D eigenvalue weighted by Crippen LogP contribution is -2.38. The van der Waals surface area contributed by atoms with Crippen molar-refractivity contribution in [1.82, 2.24) is 5.32 Å². The first-order valence-corrected chi connectivity index (χ1v) is 10.4. The molecule has 0 bridgehead atoms. The van der Waals surface area contributed by atoms with E-state index in [0.717, 1.165) is 12.8 Å². The number of allylic oxidation sites excluding steroid dienone is 2. The summed E-state index contributed by atoms with van der Waals surface area (Å²) < 4.78 is 11.0. The van der Waals surface area contributed by atoms with Gasteiger partial charge in [0.05, 0.1) is 12.0 Å². The Morgan fingerprint density at radius 1 is 1.27 bits per heavy atom. The molecule has 0 heterocycles. The van der Waals surface area contributed by atoms with Crippen molar-refractivity contribution in [1.29, 1.82) is 0 Å².